The van der Waals surface area contributed by atoms with Gasteiger partial charge in [-0.25, -0.2) is 0 Å². The van der Waals surface area contributed by atoms with Gasteiger partial charge in [0, 0.05) is 16.5 Å². The zero-order valence-corrected chi connectivity index (χ0v) is 6.59. The lowest BCUT2D eigenvalue weighted by atomic mass is 10.0. The molecule has 0 atom stereocenters. The van der Waals surface area contributed by atoms with E-state index in [1.54, 1.807) is 0 Å². The Kier molecular flexibility index (Phi) is 0.942. The SMILES string of the molecule is [2H]C([2H])([2H])C(=O)c1ccc(C([2H])([2H])O)c(C([2H])([2H])C([2H])([2H])[2H])c1. The summed E-state index contributed by atoms with van der Waals surface area (Å²) >= 11 is 0. The van der Waals surface area contributed by atoms with Crippen molar-refractivity contribution >= 4 is 5.78 Å². The second-order valence-corrected chi connectivity index (χ2v) is 2.33. The Hall–Kier alpha value is -1.15. The van der Waals surface area contributed by atoms with E-state index < -0.39 is 49.1 Å². The van der Waals surface area contributed by atoms with E-state index in [-0.39, 0.29) is 0 Å². The number of aliphatic hydroxyl groups is 1. The van der Waals surface area contributed by atoms with Gasteiger partial charge in [0.15, 0.2) is 5.78 Å². The number of hydrogen-bond donors (Lipinski definition) is 1. The molecule has 0 amide bonds. The number of carbonyl (C=O) groups is 1. The largest absolute Gasteiger partial charge is 0.392 e. The molecule has 0 unspecified atom stereocenters. The molecule has 0 saturated carbocycles. The van der Waals surface area contributed by atoms with E-state index in [9.17, 15) is 9.90 Å². The number of aryl methyl sites for hydroxylation is 1. The number of hydrogen-bond acceptors (Lipinski definition) is 2. The van der Waals surface area contributed by atoms with Crippen LogP contribution in [0.15, 0.2) is 18.2 Å². The molecule has 1 aromatic rings. The molecule has 0 radical (unpaired) electrons. The van der Waals surface area contributed by atoms with Gasteiger partial charge in [0.25, 0.3) is 0 Å². The fraction of sp³-hybridized carbons (Fsp3) is 0.364. The minimum atomic E-state index is -3.23. The van der Waals surface area contributed by atoms with E-state index in [0.717, 1.165) is 12.1 Å². The minimum absolute atomic E-state index is 0.499. The van der Waals surface area contributed by atoms with Gasteiger partial charge in [-0.3, -0.25) is 4.79 Å². The van der Waals surface area contributed by atoms with Crippen LogP contribution in [-0.2, 0) is 12.9 Å². The predicted octanol–water partition coefficient (Wildman–Crippen LogP) is 1.94. The summed E-state index contributed by atoms with van der Waals surface area (Å²) in [7, 11) is 0. The van der Waals surface area contributed by atoms with E-state index >= 15 is 0 Å². The summed E-state index contributed by atoms with van der Waals surface area (Å²) in [6.07, 6.45) is -3.11. The quantitative estimate of drug-likeness (QED) is 0.736. The molecular weight excluding hydrogens is 164 g/mol. The Morgan fingerprint density at radius 2 is 2.46 bits per heavy atom. The van der Waals surface area contributed by atoms with Crippen molar-refractivity contribution in [2.75, 3.05) is 0 Å². The third-order valence-electron chi connectivity index (χ3n) is 1.54. The van der Waals surface area contributed by atoms with Gasteiger partial charge >= 0.3 is 0 Å². The van der Waals surface area contributed by atoms with Crippen molar-refractivity contribution < 1.29 is 23.6 Å². The Bertz CT molecular complexity index is 609. The molecule has 0 bridgehead atoms. The van der Waals surface area contributed by atoms with Crippen LogP contribution in [0.2, 0.25) is 0 Å². The average molecular weight is 188 g/mol. The molecule has 0 aliphatic heterocycles. The first-order valence-electron chi connectivity index (χ1n) is 8.42. The Morgan fingerprint density at radius 3 is 3.08 bits per heavy atom. The molecule has 0 aliphatic carbocycles. The summed E-state index contributed by atoms with van der Waals surface area (Å²) in [5.74, 6) is -1.34. The molecule has 1 rings (SSSR count). The lowest BCUT2D eigenvalue weighted by Gasteiger charge is -2.06. The van der Waals surface area contributed by atoms with Crippen molar-refractivity contribution in [3.05, 3.63) is 34.9 Å². The normalized spacial score (nSPS) is 25.6. The first kappa shape index (κ1) is 2.92. The van der Waals surface area contributed by atoms with E-state index in [2.05, 4.69) is 0 Å². The van der Waals surface area contributed by atoms with E-state index in [4.69, 9.17) is 13.7 Å². The zero-order valence-electron chi connectivity index (χ0n) is 16.6. The topological polar surface area (TPSA) is 37.3 Å². The summed E-state index contributed by atoms with van der Waals surface area (Å²) in [6, 6.07) is 2.36. The molecule has 0 spiro atoms. The number of carbonyl (C=O) groups excluding carboxylic acids is 1. The highest BCUT2D eigenvalue weighted by Gasteiger charge is 2.03. The maximum Gasteiger partial charge on any atom is 0.159 e. The predicted molar refractivity (Wildman–Crippen MR) is 51.7 cm³/mol. The fourth-order valence-electron chi connectivity index (χ4n) is 0.886. The number of ketones is 1. The van der Waals surface area contributed by atoms with Gasteiger partial charge in [-0.05, 0) is 30.4 Å². The second-order valence-electron chi connectivity index (χ2n) is 2.33. The lowest BCUT2D eigenvalue weighted by molar-refractivity contribution is 0.101. The van der Waals surface area contributed by atoms with Gasteiger partial charge in [-0.2, -0.15) is 0 Å². The number of benzene rings is 1. The summed E-state index contributed by atoms with van der Waals surface area (Å²) in [5, 5.41) is 9.48. The third kappa shape index (κ3) is 2.16. The van der Waals surface area contributed by atoms with E-state index in [0.29, 0.717) is 6.07 Å². The number of Topliss-reactive ketones (excluding diaryl/α,β-unsaturated/α-hetero) is 1. The van der Waals surface area contributed by atoms with Gasteiger partial charge in [-0.1, -0.05) is 19.0 Å². The van der Waals surface area contributed by atoms with Crippen LogP contribution in [0.25, 0.3) is 0 Å². The van der Waals surface area contributed by atoms with Gasteiger partial charge in [0.2, 0.25) is 0 Å². The molecule has 0 aliphatic rings. The maximum atomic E-state index is 11.8. The van der Waals surface area contributed by atoms with Crippen molar-refractivity contribution in [1.29, 1.82) is 0 Å². The summed E-state index contributed by atoms with van der Waals surface area (Å²) < 4.78 is 72.8. The van der Waals surface area contributed by atoms with Crippen LogP contribution >= 0.6 is 0 Å². The van der Waals surface area contributed by atoms with Crippen LogP contribution in [0.4, 0.5) is 0 Å². The first-order chi connectivity index (χ1) is 9.99. The summed E-state index contributed by atoms with van der Waals surface area (Å²) in [4.78, 5) is 11.8. The molecule has 1 N–H and O–H groups in total. The maximum absolute atomic E-state index is 11.8. The Labute approximate surface area is 92.3 Å². The molecule has 2 heteroatoms. The molecule has 1 aromatic carbocycles. The molecule has 0 fully saturated rings. The highest BCUT2D eigenvalue weighted by molar-refractivity contribution is 5.94. The Morgan fingerprint density at radius 1 is 1.62 bits per heavy atom. The van der Waals surface area contributed by atoms with Crippen molar-refractivity contribution in [1.82, 2.24) is 0 Å². The zero-order chi connectivity index (χ0) is 18.4. The molecule has 70 valence electrons. The van der Waals surface area contributed by atoms with Crippen LogP contribution in [0, 0.1) is 0 Å². The third-order valence-corrected chi connectivity index (χ3v) is 1.54. The van der Waals surface area contributed by atoms with Gasteiger partial charge < -0.3 is 5.11 Å². The molecule has 13 heavy (non-hydrogen) atoms. The molecule has 0 heterocycles. The van der Waals surface area contributed by atoms with Crippen LogP contribution in [0.5, 0.6) is 0 Å². The van der Waals surface area contributed by atoms with Gasteiger partial charge in [0.1, 0.15) is 0 Å². The van der Waals surface area contributed by atoms with Gasteiger partial charge in [0.05, 0.1) is 9.30 Å². The van der Waals surface area contributed by atoms with Crippen molar-refractivity contribution in [3.63, 3.8) is 0 Å². The monoisotopic (exact) mass is 188 g/mol. The lowest BCUT2D eigenvalue weighted by Crippen LogP contribution is -1.98. The van der Waals surface area contributed by atoms with Crippen LogP contribution in [0.3, 0.4) is 0 Å². The van der Waals surface area contributed by atoms with Crippen molar-refractivity contribution in [3.8, 4) is 0 Å². The highest BCUT2D eigenvalue weighted by Crippen LogP contribution is 2.13. The molecular formula is C11H14O2. The molecule has 0 aromatic heterocycles. The minimum Gasteiger partial charge on any atom is -0.392 e. The average Bonchev–Trinajstić information content (AvgIpc) is 2.33. The second kappa shape index (κ2) is 4.19. The van der Waals surface area contributed by atoms with Gasteiger partial charge in [-0.15, -0.1) is 0 Å². The first-order valence-corrected chi connectivity index (χ1v) is 3.42. The van der Waals surface area contributed by atoms with E-state index in [1.807, 2.05) is 0 Å². The standard InChI is InChI=1S/C11H14O2/c1-3-9-6-10(8(2)13)4-5-11(9)7-12/h4-6,12H,3,7H2,1-2H3/i1D3,2D3,3D2,7D2. The van der Waals surface area contributed by atoms with Crippen molar-refractivity contribution in [2.45, 2.75) is 26.6 Å². The van der Waals surface area contributed by atoms with Crippen LogP contribution in [-0.4, -0.2) is 10.9 Å². The molecule has 2 nitrogen and oxygen atoms in total. The van der Waals surface area contributed by atoms with E-state index in [1.165, 1.54) is 0 Å². The van der Waals surface area contributed by atoms with Crippen LogP contribution < -0.4 is 0 Å². The fourth-order valence-corrected chi connectivity index (χ4v) is 0.886. The summed E-state index contributed by atoms with van der Waals surface area (Å²) in [5.41, 5.74) is -2.00. The van der Waals surface area contributed by atoms with Crippen LogP contribution in [0.1, 0.15) is 48.9 Å². The van der Waals surface area contributed by atoms with Crippen molar-refractivity contribution in [2.24, 2.45) is 0 Å². The smallest absolute Gasteiger partial charge is 0.159 e. The highest BCUT2D eigenvalue weighted by atomic mass is 16.3. The molecule has 0 saturated heterocycles. The number of rotatable bonds is 3. The Balaban J connectivity index is 3.67. The summed E-state index contributed by atoms with van der Waals surface area (Å²) in [6.45, 7) is -9.33.